The SMILES string of the molecule is Cc1nc(Cl)nc(SCCCO)c1N. The number of nitrogen functional groups attached to an aromatic ring is 1. The third kappa shape index (κ3) is 3.01. The minimum atomic E-state index is 0.171. The second kappa shape index (κ2) is 5.38. The lowest BCUT2D eigenvalue weighted by Gasteiger charge is -2.06. The summed E-state index contributed by atoms with van der Waals surface area (Å²) in [5.41, 5.74) is 7.02. The van der Waals surface area contributed by atoms with Crippen LogP contribution >= 0.6 is 23.4 Å². The second-order valence-electron chi connectivity index (χ2n) is 2.72. The third-order valence-electron chi connectivity index (χ3n) is 1.62. The second-order valence-corrected chi connectivity index (χ2v) is 4.14. The zero-order valence-electron chi connectivity index (χ0n) is 7.83. The standard InChI is InChI=1S/C8H12ClN3OS/c1-5-6(10)7(12-8(9)11-5)14-4-2-3-13/h13H,2-4,10H2,1H3. The summed E-state index contributed by atoms with van der Waals surface area (Å²) in [4.78, 5) is 7.94. The Bertz CT molecular complexity index is 322. The van der Waals surface area contributed by atoms with E-state index in [4.69, 9.17) is 22.4 Å². The van der Waals surface area contributed by atoms with Crippen molar-refractivity contribution in [3.63, 3.8) is 0 Å². The lowest BCUT2D eigenvalue weighted by molar-refractivity contribution is 0.296. The minimum Gasteiger partial charge on any atom is -0.396 e. The maximum Gasteiger partial charge on any atom is 0.223 e. The van der Waals surface area contributed by atoms with Gasteiger partial charge in [-0.25, -0.2) is 9.97 Å². The monoisotopic (exact) mass is 233 g/mol. The van der Waals surface area contributed by atoms with Crippen LogP contribution < -0.4 is 5.73 Å². The van der Waals surface area contributed by atoms with Crippen LogP contribution in [0.3, 0.4) is 0 Å². The van der Waals surface area contributed by atoms with Gasteiger partial charge in [-0.15, -0.1) is 11.8 Å². The summed E-state index contributed by atoms with van der Waals surface area (Å²) in [6, 6.07) is 0. The highest BCUT2D eigenvalue weighted by atomic mass is 35.5. The molecule has 0 saturated heterocycles. The molecule has 0 radical (unpaired) electrons. The van der Waals surface area contributed by atoms with E-state index in [1.807, 2.05) is 0 Å². The number of aliphatic hydroxyl groups is 1. The number of nitrogens with two attached hydrogens (primary N) is 1. The molecule has 4 nitrogen and oxygen atoms in total. The molecule has 1 rings (SSSR count). The molecule has 1 heterocycles. The molecule has 0 atom stereocenters. The van der Waals surface area contributed by atoms with Gasteiger partial charge in [0.15, 0.2) is 0 Å². The summed E-state index contributed by atoms with van der Waals surface area (Å²) in [7, 11) is 0. The molecule has 0 unspecified atom stereocenters. The Balaban J connectivity index is 2.75. The molecule has 78 valence electrons. The lowest BCUT2D eigenvalue weighted by atomic mass is 10.4. The van der Waals surface area contributed by atoms with Crippen LogP contribution in [0.2, 0.25) is 5.28 Å². The molecule has 0 fully saturated rings. The van der Waals surface area contributed by atoms with Crippen LogP contribution in [0.15, 0.2) is 5.03 Å². The number of aryl methyl sites for hydroxylation is 1. The quantitative estimate of drug-likeness (QED) is 0.357. The van der Waals surface area contributed by atoms with Gasteiger partial charge in [-0.1, -0.05) is 0 Å². The molecule has 0 aliphatic heterocycles. The Kier molecular flexibility index (Phi) is 4.44. The number of hydrogen-bond donors (Lipinski definition) is 2. The summed E-state index contributed by atoms with van der Waals surface area (Å²) in [5, 5.41) is 9.52. The van der Waals surface area contributed by atoms with Crippen LogP contribution in [0.1, 0.15) is 12.1 Å². The number of rotatable bonds is 4. The van der Waals surface area contributed by atoms with Crippen LogP contribution in [0, 0.1) is 6.92 Å². The molecule has 1 aromatic heterocycles. The molecule has 0 spiro atoms. The first kappa shape index (κ1) is 11.6. The fourth-order valence-electron chi connectivity index (χ4n) is 0.866. The van der Waals surface area contributed by atoms with Crippen molar-refractivity contribution in [3.8, 4) is 0 Å². The van der Waals surface area contributed by atoms with Gasteiger partial charge in [0, 0.05) is 12.4 Å². The fourth-order valence-corrected chi connectivity index (χ4v) is 2.05. The van der Waals surface area contributed by atoms with E-state index in [2.05, 4.69) is 9.97 Å². The van der Waals surface area contributed by atoms with Crippen LogP contribution in [-0.4, -0.2) is 27.4 Å². The molecule has 1 aromatic rings. The first-order chi connectivity index (χ1) is 6.65. The van der Waals surface area contributed by atoms with Gasteiger partial charge in [0.25, 0.3) is 0 Å². The van der Waals surface area contributed by atoms with Crippen LogP contribution in [-0.2, 0) is 0 Å². The maximum absolute atomic E-state index is 8.62. The van der Waals surface area contributed by atoms with Crippen molar-refractivity contribution < 1.29 is 5.11 Å². The van der Waals surface area contributed by atoms with Crippen molar-refractivity contribution >= 4 is 29.1 Å². The Morgan fingerprint density at radius 2 is 2.21 bits per heavy atom. The minimum absolute atomic E-state index is 0.171. The van der Waals surface area contributed by atoms with Gasteiger partial charge in [0.1, 0.15) is 5.03 Å². The van der Waals surface area contributed by atoms with Crippen LogP contribution in [0.4, 0.5) is 5.69 Å². The van der Waals surface area contributed by atoms with Gasteiger partial charge >= 0.3 is 0 Å². The first-order valence-corrected chi connectivity index (χ1v) is 5.54. The van der Waals surface area contributed by atoms with Crippen molar-refractivity contribution in [2.45, 2.75) is 18.4 Å². The highest BCUT2D eigenvalue weighted by Gasteiger charge is 2.07. The Morgan fingerprint density at radius 1 is 1.50 bits per heavy atom. The molecule has 6 heteroatoms. The molecule has 14 heavy (non-hydrogen) atoms. The van der Waals surface area contributed by atoms with E-state index < -0.39 is 0 Å². The first-order valence-electron chi connectivity index (χ1n) is 4.18. The van der Waals surface area contributed by atoms with E-state index in [0.29, 0.717) is 22.8 Å². The molecular weight excluding hydrogens is 222 g/mol. The van der Waals surface area contributed by atoms with Gasteiger partial charge in [0.05, 0.1) is 11.4 Å². The summed E-state index contributed by atoms with van der Waals surface area (Å²) >= 11 is 7.17. The molecule has 0 saturated carbocycles. The molecule has 0 amide bonds. The molecule has 0 aromatic carbocycles. The average molecular weight is 234 g/mol. The number of aliphatic hydroxyl groups excluding tert-OH is 1. The van der Waals surface area contributed by atoms with Crippen molar-refractivity contribution in [2.75, 3.05) is 18.1 Å². The third-order valence-corrected chi connectivity index (χ3v) is 2.86. The predicted octanol–water partition coefficient (Wildman–Crippen LogP) is 1.50. The summed E-state index contributed by atoms with van der Waals surface area (Å²) in [6.07, 6.45) is 0.713. The van der Waals surface area contributed by atoms with Crippen molar-refractivity contribution in [2.24, 2.45) is 0 Å². The number of hydrogen-bond acceptors (Lipinski definition) is 5. The summed E-state index contributed by atoms with van der Waals surface area (Å²) in [5.74, 6) is 0.771. The molecular formula is C8H12ClN3OS. The van der Waals surface area contributed by atoms with Crippen molar-refractivity contribution in [3.05, 3.63) is 11.0 Å². The Morgan fingerprint density at radius 3 is 2.86 bits per heavy atom. The number of aromatic nitrogens is 2. The number of thioether (sulfide) groups is 1. The number of nitrogens with zero attached hydrogens (tertiary/aromatic N) is 2. The van der Waals surface area contributed by atoms with E-state index in [0.717, 1.165) is 5.75 Å². The fraction of sp³-hybridized carbons (Fsp3) is 0.500. The Hall–Kier alpha value is -0.520. The van der Waals surface area contributed by atoms with Crippen molar-refractivity contribution in [1.82, 2.24) is 9.97 Å². The largest absolute Gasteiger partial charge is 0.396 e. The summed E-state index contributed by atoms with van der Waals surface area (Å²) in [6.45, 7) is 1.96. The highest BCUT2D eigenvalue weighted by molar-refractivity contribution is 7.99. The normalized spacial score (nSPS) is 10.5. The molecule has 0 bridgehead atoms. The topological polar surface area (TPSA) is 72.0 Å². The zero-order valence-corrected chi connectivity index (χ0v) is 9.40. The molecule has 0 aliphatic carbocycles. The van der Waals surface area contributed by atoms with E-state index in [1.54, 1.807) is 6.92 Å². The number of halogens is 1. The van der Waals surface area contributed by atoms with Gasteiger partial charge in [-0.05, 0) is 24.9 Å². The van der Waals surface area contributed by atoms with Gasteiger partial charge in [0.2, 0.25) is 5.28 Å². The van der Waals surface area contributed by atoms with Gasteiger partial charge in [-0.2, -0.15) is 0 Å². The van der Waals surface area contributed by atoms with E-state index in [1.165, 1.54) is 11.8 Å². The van der Waals surface area contributed by atoms with Crippen LogP contribution in [0.5, 0.6) is 0 Å². The smallest absolute Gasteiger partial charge is 0.223 e. The Labute approximate surface area is 91.9 Å². The van der Waals surface area contributed by atoms with Gasteiger partial charge < -0.3 is 10.8 Å². The lowest BCUT2D eigenvalue weighted by Crippen LogP contribution is -2.00. The summed E-state index contributed by atoms with van der Waals surface area (Å²) < 4.78 is 0. The molecule has 0 aliphatic rings. The van der Waals surface area contributed by atoms with Crippen LogP contribution in [0.25, 0.3) is 0 Å². The average Bonchev–Trinajstić information content (AvgIpc) is 2.13. The number of anilines is 1. The van der Waals surface area contributed by atoms with E-state index in [-0.39, 0.29) is 11.9 Å². The van der Waals surface area contributed by atoms with Crippen molar-refractivity contribution in [1.29, 1.82) is 0 Å². The van der Waals surface area contributed by atoms with Gasteiger partial charge in [-0.3, -0.25) is 0 Å². The zero-order chi connectivity index (χ0) is 10.6. The molecule has 3 N–H and O–H groups in total. The van der Waals surface area contributed by atoms with E-state index >= 15 is 0 Å². The maximum atomic E-state index is 8.62. The highest BCUT2D eigenvalue weighted by Crippen LogP contribution is 2.26. The van der Waals surface area contributed by atoms with E-state index in [9.17, 15) is 0 Å². The predicted molar refractivity (Wildman–Crippen MR) is 58.6 cm³/mol.